The second-order valence-corrected chi connectivity index (χ2v) is 9.59. The molecule has 1 aliphatic carbocycles. The van der Waals surface area contributed by atoms with Crippen molar-refractivity contribution in [3.63, 3.8) is 0 Å². The molecule has 3 heterocycles. The summed E-state index contributed by atoms with van der Waals surface area (Å²) in [5, 5.41) is 11.4. The Morgan fingerprint density at radius 1 is 0.923 bits per heavy atom. The van der Waals surface area contributed by atoms with Crippen LogP contribution in [0.25, 0.3) is 5.70 Å². The second kappa shape index (κ2) is 10.1. The fraction of sp³-hybridized carbons (Fsp3) is 0.214. The summed E-state index contributed by atoms with van der Waals surface area (Å²) in [6.07, 6.45) is 2.96. The highest BCUT2D eigenvalue weighted by atomic mass is 16.2. The Morgan fingerprint density at radius 2 is 1.67 bits per heavy atom. The van der Waals surface area contributed by atoms with Crippen molar-refractivity contribution < 1.29 is 14.4 Å². The highest BCUT2D eigenvalue weighted by Crippen LogP contribution is 2.49. The Balaban J connectivity index is 1.19. The van der Waals surface area contributed by atoms with Gasteiger partial charge < -0.3 is 15.1 Å². The molecule has 3 N–H and O–H groups in total. The van der Waals surface area contributed by atoms with Crippen molar-refractivity contribution in [1.82, 2.24) is 20.7 Å². The van der Waals surface area contributed by atoms with Crippen LogP contribution in [0.2, 0.25) is 0 Å². The SMILES string of the molecule is CN1CCN(c2ccc(C3=C4C(=O)c5c(NC(=O)NNC(=O)c6ccncc6)cccc5C4N=N3)cc2)CC1. The van der Waals surface area contributed by atoms with Crippen LogP contribution in [0.5, 0.6) is 0 Å². The molecule has 0 saturated carbocycles. The molecule has 39 heavy (non-hydrogen) atoms. The van der Waals surface area contributed by atoms with E-state index in [0.29, 0.717) is 33.6 Å². The average Bonchev–Trinajstić information content (AvgIpc) is 3.53. The molecule has 1 atom stereocenters. The molecule has 3 amide bonds. The molecular formula is C28H26N8O3. The Hall–Kier alpha value is -4.90. The number of hydrazine groups is 1. The van der Waals surface area contributed by atoms with Crippen LogP contribution in [0.4, 0.5) is 16.2 Å². The summed E-state index contributed by atoms with van der Waals surface area (Å²) >= 11 is 0. The maximum absolute atomic E-state index is 13.6. The molecule has 3 aromatic rings. The van der Waals surface area contributed by atoms with Crippen molar-refractivity contribution in [2.75, 3.05) is 43.4 Å². The number of pyridine rings is 1. The summed E-state index contributed by atoms with van der Waals surface area (Å²) in [4.78, 5) is 46.9. The number of urea groups is 1. The summed E-state index contributed by atoms with van der Waals surface area (Å²) in [6.45, 7) is 3.97. The van der Waals surface area contributed by atoms with Crippen LogP contribution >= 0.6 is 0 Å². The van der Waals surface area contributed by atoms with Crippen molar-refractivity contribution in [3.8, 4) is 0 Å². The van der Waals surface area contributed by atoms with Gasteiger partial charge >= 0.3 is 6.03 Å². The van der Waals surface area contributed by atoms with Crippen molar-refractivity contribution in [2.24, 2.45) is 10.2 Å². The third-order valence-corrected chi connectivity index (χ3v) is 7.15. The van der Waals surface area contributed by atoms with Crippen LogP contribution in [0.15, 0.2) is 82.8 Å². The smallest absolute Gasteiger partial charge is 0.337 e. The first kappa shape index (κ1) is 24.4. The summed E-state index contributed by atoms with van der Waals surface area (Å²) < 4.78 is 0. The van der Waals surface area contributed by atoms with Gasteiger partial charge in [-0.25, -0.2) is 10.2 Å². The lowest BCUT2D eigenvalue weighted by Gasteiger charge is -2.34. The number of amides is 3. The molecule has 0 radical (unpaired) electrons. The Kier molecular flexibility index (Phi) is 6.33. The van der Waals surface area contributed by atoms with Gasteiger partial charge in [-0.15, -0.1) is 0 Å². The number of hydrogen-bond donors (Lipinski definition) is 3. The van der Waals surface area contributed by atoms with E-state index in [9.17, 15) is 14.4 Å². The standard InChI is InChI=1S/C28H26N8O3/c1-35-13-15-36(16-14-35)19-7-5-17(6-8-19)24-23-25(32-31-24)20-3-2-4-21(22(20)26(23)37)30-28(39)34-33-27(38)18-9-11-29-12-10-18/h2-12,25H,13-16H2,1H3,(H,33,38)(H2,30,34,39). The third kappa shape index (κ3) is 4.64. The van der Waals surface area contributed by atoms with Gasteiger partial charge in [-0.05, 0) is 42.9 Å². The summed E-state index contributed by atoms with van der Waals surface area (Å²) in [7, 11) is 2.13. The molecule has 6 rings (SSSR count). The maximum atomic E-state index is 13.6. The molecule has 1 unspecified atom stereocenters. The summed E-state index contributed by atoms with van der Waals surface area (Å²) in [5.74, 6) is -0.722. The van der Waals surface area contributed by atoms with Gasteiger partial charge in [0.2, 0.25) is 0 Å². The number of piperazine rings is 1. The molecular weight excluding hydrogens is 496 g/mol. The molecule has 1 saturated heterocycles. The average molecular weight is 523 g/mol. The molecule has 0 bridgehead atoms. The van der Waals surface area contributed by atoms with Gasteiger partial charge in [0.05, 0.1) is 16.8 Å². The van der Waals surface area contributed by atoms with E-state index in [-0.39, 0.29) is 5.78 Å². The fourth-order valence-corrected chi connectivity index (χ4v) is 5.05. The third-order valence-electron chi connectivity index (χ3n) is 7.15. The van der Waals surface area contributed by atoms with E-state index in [0.717, 1.165) is 37.4 Å². The maximum Gasteiger partial charge on any atom is 0.337 e. The van der Waals surface area contributed by atoms with E-state index < -0.39 is 18.0 Å². The molecule has 0 spiro atoms. The van der Waals surface area contributed by atoms with Gasteiger partial charge in [0.1, 0.15) is 11.7 Å². The number of Topliss-reactive ketones (excluding diaryl/α,β-unsaturated/α-hetero) is 1. The topological polar surface area (TPSA) is 131 Å². The molecule has 1 aromatic heterocycles. The van der Waals surface area contributed by atoms with Crippen molar-refractivity contribution in [2.45, 2.75) is 6.04 Å². The van der Waals surface area contributed by atoms with Crippen LogP contribution in [-0.4, -0.2) is 60.8 Å². The summed E-state index contributed by atoms with van der Waals surface area (Å²) in [5.41, 5.74) is 9.38. The highest BCUT2D eigenvalue weighted by molar-refractivity contribution is 6.22. The normalized spacial score (nSPS) is 18.1. The van der Waals surface area contributed by atoms with Crippen LogP contribution in [0.1, 0.15) is 37.9 Å². The number of likely N-dealkylation sites (N-methyl/N-ethyl adjacent to an activating group) is 1. The van der Waals surface area contributed by atoms with Crippen LogP contribution < -0.4 is 21.1 Å². The number of carbonyl (C=O) groups excluding carboxylic acids is 3. The minimum Gasteiger partial charge on any atom is -0.369 e. The van der Waals surface area contributed by atoms with Crippen LogP contribution in [0, 0.1) is 0 Å². The Bertz CT molecular complexity index is 1510. The largest absolute Gasteiger partial charge is 0.369 e. The zero-order chi connectivity index (χ0) is 26.9. The number of benzene rings is 2. The minimum absolute atomic E-state index is 0.227. The zero-order valence-corrected chi connectivity index (χ0v) is 21.2. The van der Waals surface area contributed by atoms with Gasteiger partial charge in [0.25, 0.3) is 5.91 Å². The summed E-state index contributed by atoms with van der Waals surface area (Å²) in [6, 6.07) is 15.1. The number of nitrogens with one attached hydrogen (secondary N) is 3. The quantitative estimate of drug-likeness (QED) is 0.450. The fourth-order valence-electron chi connectivity index (χ4n) is 5.05. The number of fused-ring (bicyclic) bond motifs is 3. The lowest BCUT2D eigenvalue weighted by Crippen LogP contribution is -2.44. The van der Waals surface area contributed by atoms with Crippen LogP contribution in [0.3, 0.4) is 0 Å². The molecule has 11 nitrogen and oxygen atoms in total. The lowest BCUT2D eigenvalue weighted by molar-refractivity contribution is 0.0937. The van der Waals surface area contributed by atoms with Gasteiger partial charge in [-0.2, -0.15) is 10.2 Å². The number of anilines is 2. The van der Waals surface area contributed by atoms with E-state index in [1.54, 1.807) is 12.1 Å². The van der Waals surface area contributed by atoms with E-state index in [1.165, 1.54) is 24.5 Å². The van der Waals surface area contributed by atoms with E-state index >= 15 is 0 Å². The predicted molar refractivity (Wildman–Crippen MR) is 145 cm³/mol. The highest BCUT2D eigenvalue weighted by Gasteiger charge is 2.42. The van der Waals surface area contributed by atoms with E-state index in [4.69, 9.17) is 0 Å². The van der Waals surface area contributed by atoms with Crippen LogP contribution in [-0.2, 0) is 0 Å². The first-order valence-corrected chi connectivity index (χ1v) is 12.6. The number of azo groups is 1. The molecule has 1 fully saturated rings. The van der Waals surface area contributed by atoms with Gasteiger partial charge in [0.15, 0.2) is 5.78 Å². The number of rotatable bonds is 4. The zero-order valence-electron chi connectivity index (χ0n) is 21.2. The monoisotopic (exact) mass is 522 g/mol. The van der Waals surface area contributed by atoms with Crippen molar-refractivity contribution in [1.29, 1.82) is 0 Å². The van der Waals surface area contributed by atoms with E-state index in [2.05, 4.69) is 60.4 Å². The first-order valence-electron chi connectivity index (χ1n) is 12.6. The molecule has 2 aromatic carbocycles. The first-order chi connectivity index (χ1) is 19.0. The number of carbonyl (C=O) groups is 3. The van der Waals surface area contributed by atoms with Gasteiger partial charge in [-0.1, -0.05) is 24.3 Å². The van der Waals surface area contributed by atoms with Crippen molar-refractivity contribution >= 4 is 34.8 Å². The Labute approximate surface area is 224 Å². The number of aromatic nitrogens is 1. The van der Waals surface area contributed by atoms with Gasteiger partial charge in [-0.3, -0.25) is 20.0 Å². The molecule has 11 heteroatoms. The number of hydrogen-bond acceptors (Lipinski definition) is 8. The Morgan fingerprint density at radius 3 is 2.41 bits per heavy atom. The minimum atomic E-state index is -0.689. The van der Waals surface area contributed by atoms with Crippen molar-refractivity contribution in [3.05, 3.63) is 94.8 Å². The van der Waals surface area contributed by atoms with Gasteiger partial charge in [0, 0.05) is 55.4 Å². The number of ketones is 1. The molecule has 3 aliphatic rings. The molecule has 196 valence electrons. The predicted octanol–water partition coefficient (Wildman–Crippen LogP) is 3.41. The van der Waals surface area contributed by atoms with E-state index in [1.807, 2.05) is 18.2 Å². The molecule has 2 aliphatic heterocycles. The number of nitrogens with zero attached hydrogens (tertiary/aromatic N) is 5. The second-order valence-electron chi connectivity index (χ2n) is 9.59. The lowest BCUT2D eigenvalue weighted by atomic mass is 10.0.